The highest BCUT2D eigenvalue weighted by atomic mass is 19.1. The van der Waals surface area contributed by atoms with Gasteiger partial charge in [0.05, 0.1) is 11.4 Å². The quantitative estimate of drug-likeness (QED) is 0.829. The van der Waals surface area contributed by atoms with E-state index in [0.29, 0.717) is 0 Å². The summed E-state index contributed by atoms with van der Waals surface area (Å²) in [4.78, 5) is 13.3. The van der Waals surface area contributed by atoms with E-state index in [1.165, 1.54) is 17.0 Å². The second-order valence-corrected chi connectivity index (χ2v) is 4.41. The molecule has 3 rings (SSSR count). The van der Waals surface area contributed by atoms with E-state index in [2.05, 4.69) is 0 Å². The van der Waals surface area contributed by atoms with Crippen LogP contribution in [0.5, 0.6) is 0 Å². The summed E-state index contributed by atoms with van der Waals surface area (Å²) in [6.45, 7) is 0.213. The zero-order valence-corrected chi connectivity index (χ0v) is 10.6. The van der Waals surface area contributed by atoms with Gasteiger partial charge in [0, 0.05) is 0 Å². The fraction of sp³-hybridized carbons (Fsp3) is 0.0625. The first-order valence-electron chi connectivity index (χ1n) is 6.22. The van der Waals surface area contributed by atoms with Gasteiger partial charge in [-0.2, -0.15) is 0 Å². The van der Waals surface area contributed by atoms with Crippen LogP contribution in [0.25, 0.3) is 6.08 Å². The van der Waals surface area contributed by atoms with Gasteiger partial charge < -0.3 is 4.74 Å². The maximum absolute atomic E-state index is 12.9. The summed E-state index contributed by atoms with van der Waals surface area (Å²) in [5, 5.41) is 0. The van der Waals surface area contributed by atoms with Crippen LogP contribution in [0.3, 0.4) is 0 Å². The molecule has 0 spiro atoms. The van der Waals surface area contributed by atoms with Crippen molar-refractivity contribution in [2.75, 3.05) is 11.5 Å². The van der Waals surface area contributed by atoms with Gasteiger partial charge in [0.25, 0.3) is 0 Å². The number of cyclic esters (lactones) is 1. The van der Waals surface area contributed by atoms with Crippen LogP contribution in [0.1, 0.15) is 5.56 Å². The third kappa shape index (κ3) is 2.40. The highest BCUT2D eigenvalue weighted by Crippen LogP contribution is 2.26. The molecule has 20 heavy (non-hydrogen) atoms. The summed E-state index contributed by atoms with van der Waals surface area (Å²) in [6, 6.07) is 15.4. The first kappa shape index (κ1) is 12.4. The topological polar surface area (TPSA) is 29.5 Å². The van der Waals surface area contributed by atoms with Crippen molar-refractivity contribution >= 4 is 17.9 Å². The Hall–Kier alpha value is -2.62. The largest absolute Gasteiger partial charge is 0.442 e. The van der Waals surface area contributed by atoms with E-state index in [0.717, 1.165) is 16.9 Å². The average Bonchev–Trinajstić information content (AvgIpc) is 2.83. The summed E-state index contributed by atoms with van der Waals surface area (Å²) in [5.41, 5.74) is 2.30. The molecule has 4 heteroatoms. The Kier molecular flexibility index (Phi) is 3.21. The molecule has 0 unspecified atom stereocenters. The smallest absolute Gasteiger partial charge is 0.419 e. The Bertz CT molecular complexity index is 650. The average molecular weight is 269 g/mol. The molecule has 0 aromatic heterocycles. The molecule has 2 aromatic rings. The highest BCUT2D eigenvalue weighted by Gasteiger charge is 2.28. The zero-order chi connectivity index (χ0) is 13.9. The van der Waals surface area contributed by atoms with E-state index in [1.54, 1.807) is 12.1 Å². The summed E-state index contributed by atoms with van der Waals surface area (Å²) in [6.07, 6.45) is 1.42. The first-order chi connectivity index (χ1) is 9.74. The summed E-state index contributed by atoms with van der Waals surface area (Å²) in [5.74, 6) is -0.286. The van der Waals surface area contributed by atoms with Gasteiger partial charge in [-0.1, -0.05) is 30.3 Å². The molecule has 3 nitrogen and oxygen atoms in total. The minimum absolute atomic E-state index is 0.213. The van der Waals surface area contributed by atoms with Gasteiger partial charge in [-0.05, 0) is 35.9 Å². The van der Waals surface area contributed by atoms with Gasteiger partial charge >= 0.3 is 6.09 Å². The zero-order valence-electron chi connectivity index (χ0n) is 10.6. The summed E-state index contributed by atoms with van der Waals surface area (Å²) in [7, 11) is 0. The van der Waals surface area contributed by atoms with Crippen molar-refractivity contribution < 1.29 is 13.9 Å². The SMILES string of the molecule is O=C1OC/C(=C/c2ccc(F)cc2)N1c1ccccc1. The number of benzene rings is 2. The molecule has 2 aromatic carbocycles. The summed E-state index contributed by atoms with van der Waals surface area (Å²) >= 11 is 0. The number of amides is 1. The Morgan fingerprint density at radius 3 is 2.45 bits per heavy atom. The number of hydrogen-bond acceptors (Lipinski definition) is 2. The fourth-order valence-corrected chi connectivity index (χ4v) is 2.09. The van der Waals surface area contributed by atoms with Crippen molar-refractivity contribution in [3.8, 4) is 0 Å². The highest BCUT2D eigenvalue weighted by molar-refractivity contribution is 5.95. The molecule has 0 N–H and O–H groups in total. The molecular weight excluding hydrogens is 257 g/mol. The molecule has 0 radical (unpaired) electrons. The van der Waals surface area contributed by atoms with E-state index < -0.39 is 6.09 Å². The minimum atomic E-state index is -0.399. The number of anilines is 1. The van der Waals surface area contributed by atoms with E-state index in [9.17, 15) is 9.18 Å². The van der Waals surface area contributed by atoms with Gasteiger partial charge in [-0.3, -0.25) is 0 Å². The van der Waals surface area contributed by atoms with E-state index in [4.69, 9.17) is 4.74 Å². The van der Waals surface area contributed by atoms with Crippen LogP contribution < -0.4 is 4.90 Å². The molecule has 1 amide bonds. The number of nitrogens with zero attached hydrogens (tertiary/aromatic N) is 1. The normalized spacial score (nSPS) is 16.6. The van der Waals surface area contributed by atoms with Gasteiger partial charge in [0.2, 0.25) is 0 Å². The van der Waals surface area contributed by atoms with Gasteiger partial charge in [-0.15, -0.1) is 0 Å². The van der Waals surface area contributed by atoms with E-state index in [-0.39, 0.29) is 12.4 Å². The van der Waals surface area contributed by atoms with Crippen molar-refractivity contribution in [2.45, 2.75) is 0 Å². The van der Waals surface area contributed by atoms with E-state index >= 15 is 0 Å². The van der Waals surface area contributed by atoms with Gasteiger partial charge in [-0.25, -0.2) is 14.1 Å². The third-order valence-corrected chi connectivity index (χ3v) is 3.03. The monoisotopic (exact) mass is 269 g/mol. The number of halogens is 1. The number of para-hydroxylation sites is 1. The van der Waals surface area contributed by atoms with Crippen LogP contribution in [0, 0.1) is 5.82 Å². The van der Waals surface area contributed by atoms with E-state index in [1.807, 2.05) is 36.4 Å². The predicted octanol–water partition coefficient (Wildman–Crippen LogP) is 3.82. The Morgan fingerprint density at radius 1 is 1.05 bits per heavy atom. The van der Waals surface area contributed by atoms with Crippen LogP contribution in [0.4, 0.5) is 14.9 Å². The molecule has 0 bridgehead atoms. The summed E-state index contributed by atoms with van der Waals surface area (Å²) < 4.78 is 18.0. The lowest BCUT2D eigenvalue weighted by Gasteiger charge is -2.14. The van der Waals surface area contributed by atoms with Crippen LogP contribution in [0.2, 0.25) is 0 Å². The number of ether oxygens (including phenoxy) is 1. The number of carbonyl (C=O) groups excluding carboxylic acids is 1. The van der Waals surface area contributed by atoms with Crippen molar-refractivity contribution in [2.24, 2.45) is 0 Å². The lowest BCUT2D eigenvalue weighted by atomic mass is 10.2. The second-order valence-electron chi connectivity index (χ2n) is 4.41. The van der Waals surface area contributed by atoms with Crippen LogP contribution in [0.15, 0.2) is 60.3 Å². The lowest BCUT2D eigenvalue weighted by molar-refractivity contribution is 0.182. The van der Waals surface area contributed by atoms with Gasteiger partial charge in [0.15, 0.2) is 0 Å². The van der Waals surface area contributed by atoms with Crippen LogP contribution >= 0.6 is 0 Å². The molecule has 0 saturated carbocycles. The molecule has 1 saturated heterocycles. The Morgan fingerprint density at radius 2 is 1.75 bits per heavy atom. The molecule has 1 fully saturated rings. The molecule has 100 valence electrons. The molecule has 1 aliphatic heterocycles. The number of carbonyl (C=O) groups is 1. The second kappa shape index (κ2) is 5.17. The number of hydrogen-bond donors (Lipinski definition) is 0. The minimum Gasteiger partial charge on any atom is -0.442 e. The Labute approximate surface area is 115 Å². The third-order valence-electron chi connectivity index (χ3n) is 3.03. The van der Waals surface area contributed by atoms with Crippen molar-refractivity contribution in [3.63, 3.8) is 0 Å². The molecular formula is C16H12FNO2. The molecule has 1 aliphatic rings. The van der Waals surface area contributed by atoms with Crippen molar-refractivity contribution in [3.05, 3.63) is 71.7 Å². The molecule has 0 aliphatic carbocycles. The first-order valence-corrected chi connectivity index (χ1v) is 6.22. The fourth-order valence-electron chi connectivity index (χ4n) is 2.09. The molecule has 0 atom stereocenters. The van der Waals surface area contributed by atoms with Crippen molar-refractivity contribution in [1.29, 1.82) is 0 Å². The van der Waals surface area contributed by atoms with Gasteiger partial charge in [0.1, 0.15) is 12.4 Å². The molecule has 1 heterocycles. The van der Waals surface area contributed by atoms with Crippen LogP contribution in [-0.2, 0) is 4.74 Å². The lowest BCUT2D eigenvalue weighted by Crippen LogP contribution is -2.21. The maximum Gasteiger partial charge on any atom is 0.419 e. The Balaban J connectivity index is 1.96. The number of rotatable bonds is 2. The van der Waals surface area contributed by atoms with Crippen molar-refractivity contribution in [1.82, 2.24) is 0 Å². The standard InChI is InChI=1S/C16H12FNO2/c17-13-8-6-12(7-9-13)10-15-11-20-16(19)18(15)14-4-2-1-3-5-14/h1-10H,11H2/b15-10-. The van der Waals surface area contributed by atoms with Crippen LogP contribution in [-0.4, -0.2) is 12.7 Å². The maximum atomic E-state index is 12.9. The predicted molar refractivity (Wildman–Crippen MR) is 74.6 cm³/mol.